The van der Waals surface area contributed by atoms with Crippen molar-refractivity contribution in [3.05, 3.63) is 0 Å². The molecule has 1 rings (SSSR count). The smallest absolute Gasteiger partial charge is 0.222 e. The third-order valence-corrected chi connectivity index (χ3v) is 4.91. The van der Waals surface area contributed by atoms with Gasteiger partial charge in [0.05, 0.1) is 5.92 Å². The summed E-state index contributed by atoms with van der Waals surface area (Å²) in [5.41, 5.74) is 5.56. The van der Waals surface area contributed by atoms with Crippen molar-refractivity contribution in [1.82, 2.24) is 4.90 Å². The van der Waals surface area contributed by atoms with E-state index in [0.29, 0.717) is 12.5 Å². The Kier molecular flexibility index (Phi) is 7.76. The molecule has 4 heteroatoms. The zero-order valence-electron chi connectivity index (χ0n) is 13.9. The minimum atomic E-state index is -0.242. The molecule has 1 aliphatic heterocycles. The number of carbonyl (C=O) groups is 2. The van der Waals surface area contributed by atoms with Crippen LogP contribution in [0.15, 0.2) is 0 Å². The molecule has 4 nitrogen and oxygen atoms in total. The molecule has 122 valence electrons. The van der Waals surface area contributed by atoms with Crippen molar-refractivity contribution in [3.63, 3.8) is 0 Å². The predicted octanol–water partition coefficient (Wildman–Crippen LogP) is 3.10. The van der Waals surface area contributed by atoms with Crippen molar-refractivity contribution in [3.8, 4) is 0 Å². The van der Waals surface area contributed by atoms with Crippen LogP contribution in [0.3, 0.4) is 0 Å². The van der Waals surface area contributed by atoms with Gasteiger partial charge in [0.25, 0.3) is 0 Å². The second-order valence-corrected chi connectivity index (χ2v) is 6.37. The molecule has 0 bridgehead atoms. The molecule has 0 aromatic rings. The van der Waals surface area contributed by atoms with Gasteiger partial charge in [0, 0.05) is 19.5 Å². The first-order chi connectivity index (χ1) is 10.0. The lowest BCUT2D eigenvalue weighted by Crippen LogP contribution is -2.45. The Morgan fingerprint density at radius 1 is 1.19 bits per heavy atom. The Morgan fingerprint density at radius 2 is 1.86 bits per heavy atom. The molecule has 1 saturated heterocycles. The highest BCUT2D eigenvalue weighted by molar-refractivity contribution is 5.81. The molecule has 1 aliphatic rings. The van der Waals surface area contributed by atoms with Gasteiger partial charge in [-0.3, -0.25) is 9.59 Å². The quantitative estimate of drug-likeness (QED) is 0.664. The van der Waals surface area contributed by atoms with Crippen molar-refractivity contribution in [2.45, 2.75) is 78.2 Å². The number of nitrogens with zero attached hydrogens (tertiary/aromatic N) is 1. The topological polar surface area (TPSA) is 63.4 Å². The first-order valence-corrected chi connectivity index (χ1v) is 8.59. The summed E-state index contributed by atoms with van der Waals surface area (Å²) in [6, 6.07) is 0.0242. The van der Waals surface area contributed by atoms with Gasteiger partial charge in [0.2, 0.25) is 11.8 Å². The second-order valence-electron chi connectivity index (χ2n) is 6.37. The number of unbranched alkanes of at least 4 members (excludes halogenated alkanes) is 4. The lowest BCUT2D eigenvalue weighted by Gasteiger charge is -2.33. The highest BCUT2D eigenvalue weighted by Crippen LogP contribution is 2.34. The second kappa shape index (κ2) is 9.06. The van der Waals surface area contributed by atoms with Crippen LogP contribution in [0, 0.1) is 11.8 Å². The zero-order chi connectivity index (χ0) is 15.8. The number of carbonyl (C=O) groups excluding carboxylic acids is 2. The van der Waals surface area contributed by atoms with Gasteiger partial charge in [-0.25, -0.2) is 0 Å². The maximum Gasteiger partial charge on any atom is 0.222 e. The molecule has 3 unspecified atom stereocenters. The molecule has 21 heavy (non-hydrogen) atoms. The van der Waals surface area contributed by atoms with Gasteiger partial charge in [-0.1, -0.05) is 52.4 Å². The molecule has 0 aromatic carbocycles. The molecule has 0 radical (unpaired) electrons. The van der Waals surface area contributed by atoms with E-state index in [9.17, 15) is 9.59 Å². The Morgan fingerprint density at radius 3 is 2.38 bits per heavy atom. The predicted molar refractivity (Wildman–Crippen MR) is 85.6 cm³/mol. The number of primary amides is 1. The van der Waals surface area contributed by atoms with Crippen molar-refractivity contribution < 1.29 is 9.59 Å². The number of hydrogen-bond donors (Lipinski definition) is 1. The van der Waals surface area contributed by atoms with E-state index in [1.165, 1.54) is 32.1 Å². The monoisotopic (exact) mass is 296 g/mol. The highest BCUT2D eigenvalue weighted by Gasteiger charge is 2.42. The SMILES string of the molecule is CCCCCCCC(CC)C1C(C(N)=O)CCN1C(C)=O. The molecular weight excluding hydrogens is 264 g/mol. The van der Waals surface area contributed by atoms with E-state index in [-0.39, 0.29) is 23.8 Å². The van der Waals surface area contributed by atoms with Crippen LogP contribution in [0.4, 0.5) is 0 Å². The lowest BCUT2D eigenvalue weighted by atomic mass is 9.83. The van der Waals surface area contributed by atoms with Crippen LogP contribution in [0.2, 0.25) is 0 Å². The van der Waals surface area contributed by atoms with Crippen LogP contribution < -0.4 is 5.73 Å². The van der Waals surface area contributed by atoms with Crippen LogP contribution in [-0.4, -0.2) is 29.3 Å². The summed E-state index contributed by atoms with van der Waals surface area (Å²) < 4.78 is 0. The van der Waals surface area contributed by atoms with Crippen LogP contribution in [-0.2, 0) is 9.59 Å². The van der Waals surface area contributed by atoms with Gasteiger partial charge in [-0.2, -0.15) is 0 Å². The van der Waals surface area contributed by atoms with E-state index in [2.05, 4.69) is 13.8 Å². The van der Waals surface area contributed by atoms with Gasteiger partial charge in [0.1, 0.15) is 0 Å². The molecule has 1 heterocycles. The summed E-state index contributed by atoms with van der Waals surface area (Å²) >= 11 is 0. The van der Waals surface area contributed by atoms with Gasteiger partial charge in [0.15, 0.2) is 0 Å². The zero-order valence-corrected chi connectivity index (χ0v) is 13.9. The van der Waals surface area contributed by atoms with Crippen molar-refractivity contribution >= 4 is 11.8 Å². The van der Waals surface area contributed by atoms with E-state index in [1.54, 1.807) is 6.92 Å². The van der Waals surface area contributed by atoms with Crippen molar-refractivity contribution in [2.24, 2.45) is 17.6 Å². The Hall–Kier alpha value is -1.06. The molecule has 1 fully saturated rings. The van der Waals surface area contributed by atoms with E-state index in [1.807, 2.05) is 4.90 Å². The number of amides is 2. The van der Waals surface area contributed by atoms with Crippen LogP contribution in [0.25, 0.3) is 0 Å². The number of nitrogens with two attached hydrogens (primary N) is 1. The largest absolute Gasteiger partial charge is 0.369 e. The number of likely N-dealkylation sites (tertiary alicyclic amines) is 1. The molecule has 0 aliphatic carbocycles. The molecule has 2 N–H and O–H groups in total. The minimum absolute atomic E-state index is 0.0242. The maximum absolute atomic E-state index is 11.8. The summed E-state index contributed by atoms with van der Waals surface area (Å²) in [7, 11) is 0. The van der Waals surface area contributed by atoms with Gasteiger partial charge in [-0.05, 0) is 18.8 Å². The third kappa shape index (κ3) is 5.01. The van der Waals surface area contributed by atoms with Gasteiger partial charge >= 0.3 is 0 Å². The highest BCUT2D eigenvalue weighted by atomic mass is 16.2. The first-order valence-electron chi connectivity index (χ1n) is 8.59. The Bertz CT molecular complexity index is 322. The fourth-order valence-corrected chi connectivity index (χ4v) is 3.70. The fraction of sp³-hybridized carbons (Fsp3) is 0.882. The lowest BCUT2D eigenvalue weighted by molar-refractivity contribution is -0.132. The molecule has 3 atom stereocenters. The van der Waals surface area contributed by atoms with Gasteiger partial charge < -0.3 is 10.6 Å². The van der Waals surface area contributed by atoms with Crippen molar-refractivity contribution in [2.75, 3.05) is 6.54 Å². The molecule has 0 aromatic heterocycles. The van der Waals surface area contributed by atoms with E-state index >= 15 is 0 Å². The van der Waals surface area contributed by atoms with E-state index in [0.717, 1.165) is 19.3 Å². The fourth-order valence-electron chi connectivity index (χ4n) is 3.70. The van der Waals surface area contributed by atoms with E-state index in [4.69, 9.17) is 5.73 Å². The van der Waals surface area contributed by atoms with Crippen molar-refractivity contribution in [1.29, 1.82) is 0 Å². The van der Waals surface area contributed by atoms with Crippen LogP contribution >= 0.6 is 0 Å². The summed E-state index contributed by atoms with van der Waals surface area (Å²) in [6.07, 6.45) is 9.10. The summed E-state index contributed by atoms with van der Waals surface area (Å²) in [6.45, 7) is 6.66. The van der Waals surface area contributed by atoms with Gasteiger partial charge in [-0.15, -0.1) is 0 Å². The maximum atomic E-state index is 11.8. The summed E-state index contributed by atoms with van der Waals surface area (Å²) in [4.78, 5) is 25.4. The Balaban J connectivity index is 2.64. The summed E-state index contributed by atoms with van der Waals surface area (Å²) in [5, 5.41) is 0. The minimum Gasteiger partial charge on any atom is -0.369 e. The average molecular weight is 296 g/mol. The molecule has 2 amide bonds. The van der Waals surface area contributed by atoms with Crippen LogP contribution in [0.5, 0.6) is 0 Å². The Labute approximate surface area is 129 Å². The molecule has 0 saturated carbocycles. The summed E-state index contributed by atoms with van der Waals surface area (Å²) in [5.74, 6) is 0.0754. The normalized spacial score (nSPS) is 23.3. The molecular formula is C17H32N2O2. The molecule has 0 spiro atoms. The first kappa shape index (κ1) is 18.0. The standard InChI is InChI=1S/C17H32N2O2/c1-4-6-7-8-9-10-14(5-2)16-15(17(18)21)11-12-19(16)13(3)20/h14-16H,4-12H2,1-3H3,(H2,18,21). The number of rotatable bonds is 9. The third-order valence-electron chi connectivity index (χ3n) is 4.91. The van der Waals surface area contributed by atoms with Crippen LogP contribution in [0.1, 0.15) is 72.1 Å². The number of hydrogen-bond acceptors (Lipinski definition) is 2. The van der Waals surface area contributed by atoms with E-state index < -0.39 is 0 Å². The average Bonchev–Trinajstić information content (AvgIpc) is 2.88.